The Labute approximate surface area is 150 Å². The van der Waals surface area contributed by atoms with Gasteiger partial charge in [-0.25, -0.2) is 4.79 Å². The molecule has 0 bridgehead atoms. The predicted octanol–water partition coefficient (Wildman–Crippen LogP) is 2.64. The molecule has 7 nitrogen and oxygen atoms in total. The molecule has 0 fully saturated rings. The summed E-state index contributed by atoms with van der Waals surface area (Å²) in [4.78, 5) is 28.0. The molecule has 1 atom stereocenters. The number of nitrogens with zero attached hydrogens (tertiary/aromatic N) is 2. The second kappa shape index (κ2) is 8.62. The molecule has 0 saturated heterocycles. The Kier molecular flexibility index (Phi) is 6.52. The summed E-state index contributed by atoms with van der Waals surface area (Å²) in [6.07, 6.45) is 0.404. The van der Waals surface area contributed by atoms with E-state index in [4.69, 9.17) is 20.9 Å². The van der Waals surface area contributed by atoms with E-state index in [9.17, 15) is 9.59 Å². The van der Waals surface area contributed by atoms with E-state index >= 15 is 0 Å². The van der Waals surface area contributed by atoms with Gasteiger partial charge in [0.2, 0.25) is 17.6 Å². The van der Waals surface area contributed by atoms with E-state index in [1.54, 1.807) is 24.3 Å². The van der Waals surface area contributed by atoms with Crippen molar-refractivity contribution in [3.63, 3.8) is 0 Å². The van der Waals surface area contributed by atoms with Gasteiger partial charge in [0.25, 0.3) is 0 Å². The number of halogens is 1. The molecular weight excluding hydrogens is 346 g/mol. The molecule has 0 radical (unpaired) electrons. The molecule has 0 spiro atoms. The van der Waals surface area contributed by atoms with E-state index in [0.29, 0.717) is 16.7 Å². The zero-order chi connectivity index (χ0) is 18.4. The summed E-state index contributed by atoms with van der Waals surface area (Å²) in [6.45, 7) is 3.66. The number of carbonyl (C=O) groups is 2. The molecule has 0 aliphatic carbocycles. The summed E-state index contributed by atoms with van der Waals surface area (Å²) < 4.78 is 9.85. The summed E-state index contributed by atoms with van der Waals surface area (Å²) in [5, 5.41) is 7.17. The van der Waals surface area contributed by atoms with Gasteiger partial charge < -0.3 is 14.6 Å². The van der Waals surface area contributed by atoms with Gasteiger partial charge in [-0.15, -0.1) is 0 Å². The maximum absolute atomic E-state index is 12.0. The average Bonchev–Trinajstić information content (AvgIpc) is 3.06. The zero-order valence-corrected chi connectivity index (χ0v) is 15.0. The number of methoxy groups -OCH3 is 1. The predicted molar refractivity (Wildman–Crippen MR) is 91.8 cm³/mol. The molecule has 2 aromatic rings. The summed E-state index contributed by atoms with van der Waals surface area (Å²) in [5.41, 5.74) is 0.773. The number of esters is 1. The lowest BCUT2D eigenvalue weighted by Gasteiger charge is -2.19. The molecule has 1 amide bonds. The van der Waals surface area contributed by atoms with Crippen LogP contribution in [0.25, 0.3) is 11.4 Å². The number of ether oxygens (including phenoxy) is 1. The van der Waals surface area contributed by atoms with Gasteiger partial charge in [0.05, 0.1) is 7.11 Å². The van der Waals surface area contributed by atoms with Crippen molar-refractivity contribution in [1.29, 1.82) is 0 Å². The molecule has 2 rings (SSSR count). The molecule has 0 aliphatic heterocycles. The first kappa shape index (κ1) is 18.9. The van der Waals surface area contributed by atoms with Crippen LogP contribution in [-0.4, -0.2) is 35.2 Å². The van der Waals surface area contributed by atoms with Crippen molar-refractivity contribution in [3.05, 3.63) is 35.2 Å². The smallest absolute Gasteiger partial charge is 0.328 e. The molecule has 25 heavy (non-hydrogen) atoms. The van der Waals surface area contributed by atoms with Gasteiger partial charge in [-0.1, -0.05) is 30.6 Å². The lowest BCUT2D eigenvalue weighted by molar-refractivity contribution is -0.146. The van der Waals surface area contributed by atoms with E-state index in [1.807, 2.05) is 13.8 Å². The maximum atomic E-state index is 12.0. The van der Waals surface area contributed by atoms with Crippen molar-refractivity contribution < 1.29 is 18.8 Å². The van der Waals surface area contributed by atoms with Crippen LogP contribution in [0.4, 0.5) is 0 Å². The van der Waals surface area contributed by atoms with Crippen LogP contribution in [0.3, 0.4) is 0 Å². The third kappa shape index (κ3) is 5.29. The van der Waals surface area contributed by atoms with Crippen LogP contribution in [0.2, 0.25) is 5.02 Å². The third-order valence-corrected chi connectivity index (χ3v) is 3.83. The van der Waals surface area contributed by atoms with Crippen LogP contribution < -0.4 is 5.32 Å². The Bertz CT molecular complexity index is 728. The second-order valence-corrected chi connectivity index (χ2v) is 6.27. The Hall–Kier alpha value is -2.41. The van der Waals surface area contributed by atoms with E-state index in [-0.39, 0.29) is 24.7 Å². The quantitative estimate of drug-likeness (QED) is 0.758. The minimum absolute atomic E-state index is 0.0729. The highest BCUT2D eigenvalue weighted by Gasteiger charge is 2.24. The van der Waals surface area contributed by atoms with Crippen LogP contribution >= 0.6 is 11.6 Å². The van der Waals surface area contributed by atoms with Crippen LogP contribution in [0.5, 0.6) is 0 Å². The Morgan fingerprint density at radius 2 is 1.96 bits per heavy atom. The lowest BCUT2D eigenvalue weighted by Crippen LogP contribution is -2.45. The Balaban J connectivity index is 1.92. The van der Waals surface area contributed by atoms with Gasteiger partial charge in [-0.3, -0.25) is 4.79 Å². The number of rotatable bonds is 7. The van der Waals surface area contributed by atoms with Crippen LogP contribution in [-0.2, 0) is 20.7 Å². The molecule has 1 heterocycles. The molecule has 1 unspecified atom stereocenters. The number of carbonyl (C=O) groups excluding carboxylic acids is 2. The first-order valence-corrected chi connectivity index (χ1v) is 8.24. The first-order chi connectivity index (χ1) is 11.9. The van der Waals surface area contributed by atoms with Gasteiger partial charge in [0, 0.05) is 23.4 Å². The Morgan fingerprint density at radius 1 is 1.28 bits per heavy atom. The monoisotopic (exact) mass is 365 g/mol. The number of aryl methyl sites for hydroxylation is 1. The van der Waals surface area contributed by atoms with Crippen LogP contribution in [0.15, 0.2) is 28.8 Å². The van der Waals surface area contributed by atoms with E-state index < -0.39 is 12.0 Å². The van der Waals surface area contributed by atoms with Crippen LogP contribution in [0.1, 0.15) is 26.2 Å². The van der Waals surface area contributed by atoms with Gasteiger partial charge in [0.15, 0.2) is 0 Å². The number of amides is 1. The molecular formula is C17H20ClN3O4. The van der Waals surface area contributed by atoms with E-state index in [0.717, 1.165) is 5.56 Å². The van der Waals surface area contributed by atoms with Crippen molar-refractivity contribution in [1.82, 2.24) is 15.5 Å². The van der Waals surface area contributed by atoms with Gasteiger partial charge in [-0.05, 0) is 30.2 Å². The SMILES string of the molecule is COC(=O)C(NC(=O)CCc1nc(-c2ccc(Cl)cc2)no1)C(C)C. The van der Waals surface area contributed by atoms with Crippen LogP contribution in [0, 0.1) is 5.92 Å². The molecule has 1 aromatic heterocycles. The summed E-state index contributed by atoms with van der Waals surface area (Å²) in [6, 6.07) is 6.36. The number of benzene rings is 1. The molecule has 0 aliphatic rings. The fourth-order valence-electron chi connectivity index (χ4n) is 2.16. The minimum Gasteiger partial charge on any atom is -0.467 e. The second-order valence-electron chi connectivity index (χ2n) is 5.83. The number of hydrogen-bond acceptors (Lipinski definition) is 6. The van der Waals surface area contributed by atoms with Gasteiger partial charge in [-0.2, -0.15) is 4.98 Å². The molecule has 8 heteroatoms. The maximum Gasteiger partial charge on any atom is 0.328 e. The number of aromatic nitrogens is 2. The average molecular weight is 366 g/mol. The molecule has 1 N–H and O–H groups in total. The molecule has 1 aromatic carbocycles. The van der Waals surface area contributed by atoms with Gasteiger partial charge >= 0.3 is 5.97 Å². The van der Waals surface area contributed by atoms with Crippen molar-refractivity contribution in [3.8, 4) is 11.4 Å². The van der Waals surface area contributed by atoms with E-state index in [1.165, 1.54) is 7.11 Å². The highest BCUT2D eigenvalue weighted by Crippen LogP contribution is 2.19. The normalized spacial score (nSPS) is 12.0. The fourth-order valence-corrected chi connectivity index (χ4v) is 2.29. The standard InChI is InChI=1S/C17H20ClN3O4/c1-10(2)15(17(23)24-3)19-13(22)8-9-14-20-16(21-25-14)11-4-6-12(18)7-5-11/h4-7,10,15H,8-9H2,1-3H3,(H,19,22). The highest BCUT2D eigenvalue weighted by atomic mass is 35.5. The molecule has 0 saturated carbocycles. The Morgan fingerprint density at radius 3 is 2.56 bits per heavy atom. The lowest BCUT2D eigenvalue weighted by atomic mass is 10.0. The fraction of sp³-hybridized carbons (Fsp3) is 0.412. The van der Waals surface area contributed by atoms with E-state index in [2.05, 4.69) is 15.5 Å². The van der Waals surface area contributed by atoms with Crippen molar-refractivity contribution >= 4 is 23.5 Å². The summed E-state index contributed by atoms with van der Waals surface area (Å²) in [5.74, 6) is -0.0428. The first-order valence-electron chi connectivity index (χ1n) is 7.86. The summed E-state index contributed by atoms with van der Waals surface area (Å²) in [7, 11) is 1.29. The van der Waals surface area contributed by atoms with Gasteiger partial charge in [0.1, 0.15) is 6.04 Å². The zero-order valence-electron chi connectivity index (χ0n) is 14.3. The van der Waals surface area contributed by atoms with Crippen molar-refractivity contribution in [2.45, 2.75) is 32.7 Å². The highest BCUT2D eigenvalue weighted by molar-refractivity contribution is 6.30. The number of hydrogen-bond donors (Lipinski definition) is 1. The van der Waals surface area contributed by atoms with Crippen molar-refractivity contribution in [2.24, 2.45) is 5.92 Å². The number of nitrogens with one attached hydrogen (secondary N) is 1. The topological polar surface area (TPSA) is 94.3 Å². The summed E-state index contributed by atoms with van der Waals surface area (Å²) >= 11 is 5.84. The minimum atomic E-state index is -0.676. The molecule has 134 valence electrons. The van der Waals surface area contributed by atoms with Crippen molar-refractivity contribution in [2.75, 3.05) is 7.11 Å². The third-order valence-electron chi connectivity index (χ3n) is 3.57. The largest absolute Gasteiger partial charge is 0.467 e.